The number of nitrogens with one attached hydrogen (secondary N) is 1. The summed E-state index contributed by atoms with van der Waals surface area (Å²) in [4.78, 5) is 0. The molecule has 0 radical (unpaired) electrons. The van der Waals surface area contributed by atoms with Gasteiger partial charge in [-0.25, -0.2) is 0 Å². The summed E-state index contributed by atoms with van der Waals surface area (Å²) in [6, 6.07) is 18.5. The monoisotopic (exact) mass is 291 g/mol. The lowest BCUT2D eigenvalue weighted by Gasteiger charge is -2.12. The van der Waals surface area contributed by atoms with Crippen LogP contribution in [0.5, 0.6) is 5.75 Å². The van der Waals surface area contributed by atoms with Gasteiger partial charge in [-0.3, -0.25) is 0 Å². The van der Waals surface area contributed by atoms with Crippen LogP contribution in [0.2, 0.25) is 0 Å². The summed E-state index contributed by atoms with van der Waals surface area (Å²) in [7, 11) is 0. The molecule has 2 aromatic carbocycles. The van der Waals surface area contributed by atoms with E-state index in [2.05, 4.69) is 36.5 Å². The van der Waals surface area contributed by atoms with Crippen molar-refractivity contribution in [2.45, 2.75) is 26.5 Å². The van der Waals surface area contributed by atoms with Crippen LogP contribution in [0.25, 0.3) is 0 Å². The molecule has 0 aliphatic heterocycles. The summed E-state index contributed by atoms with van der Waals surface area (Å²) >= 11 is 0. The maximum Gasteiger partial charge on any atom is 0.124 e. The summed E-state index contributed by atoms with van der Waals surface area (Å²) in [6.07, 6.45) is 1.15. The van der Waals surface area contributed by atoms with Crippen LogP contribution < -0.4 is 10.1 Å². The highest BCUT2D eigenvalue weighted by atomic mass is 35.5. The van der Waals surface area contributed by atoms with Crippen LogP contribution in [0.1, 0.15) is 24.5 Å². The average Bonchev–Trinajstić information content (AvgIpc) is 2.48. The van der Waals surface area contributed by atoms with Gasteiger partial charge in [-0.05, 0) is 24.6 Å². The molecule has 0 fully saturated rings. The molecule has 0 saturated heterocycles. The Bertz CT molecular complexity index is 487. The molecule has 0 aliphatic carbocycles. The maximum absolute atomic E-state index is 5.91. The zero-order valence-corrected chi connectivity index (χ0v) is 12.7. The lowest BCUT2D eigenvalue weighted by atomic mass is 10.2. The van der Waals surface area contributed by atoms with Crippen LogP contribution in [0.15, 0.2) is 54.6 Å². The number of ether oxygens (including phenoxy) is 1. The third-order valence-corrected chi connectivity index (χ3v) is 2.95. The van der Waals surface area contributed by atoms with Crippen molar-refractivity contribution in [3.8, 4) is 5.75 Å². The fraction of sp³-hybridized carbons (Fsp3) is 0.294. The molecule has 0 atom stereocenters. The largest absolute Gasteiger partial charge is 0.489 e. The molecule has 0 bridgehead atoms. The summed E-state index contributed by atoms with van der Waals surface area (Å²) in [5.74, 6) is 0.968. The highest BCUT2D eigenvalue weighted by Gasteiger charge is 2.02. The molecule has 0 saturated carbocycles. The van der Waals surface area contributed by atoms with E-state index in [9.17, 15) is 0 Å². The van der Waals surface area contributed by atoms with Gasteiger partial charge in [0.15, 0.2) is 0 Å². The Labute approximate surface area is 127 Å². The molecule has 0 unspecified atom stereocenters. The summed E-state index contributed by atoms with van der Waals surface area (Å²) < 4.78 is 5.91. The van der Waals surface area contributed by atoms with Gasteiger partial charge in [-0.1, -0.05) is 55.5 Å². The molecule has 1 N–H and O–H groups in total. The predicted octanol–water partition coefficient (Wildman–Crippen LogP) is 4.19. The maximum atomic E-state index is 5.91. The first kappa shape index (κ1) is 16.5. The number of hydrogen-bond donors (Lipinski definition) is 1. The van der Waals surface area contributed by atoms with Crippen molar-refractivity contribution in [1.82, 2.24) is 5.32 Å². The van der Waals surface area contributed by atoms with E-state index in [1.165, 1.54) is 11.1 Å². The molecule has 2 nitrogen and oxygen atoms in total. The zero-order chi connectivity index (χ0) is 13.3. The lowest BCUT2D eigenvalue weighted by molar-refractivity contribution is 0.302. The Hall–Kier alpha value is -1.51. The average molecular weight is 292 g/mol. The van der Waals surface area contributed by atoms with Crippen LogP contribution >= 0.6 is 12.4 Å². The number of rotatable bonds is 7. The van der Waals surface area contributed by atoms with Gasteiger partial charge in [-0.15, -0.1) is 12.4 Å². The van der Waals surface area contributed by atoms with Crippen molar-refractivity contribution in [2.75, 3.05) is 6.54 Å². The summed E-state index contributed by atoms with van der Waals surface area (Å²) in [5, 5.41) is 3.41. The first-order valence-corrected chi connectivity index (χ1v) is 6.85. The van der Waals surface area contributed by atoms with Gasteiger partial charge >= 0.3 is 0 Å². The Balaban J connectivity index is 0.00000200. The second-order valence-electron chi connectivity index (χ2n) is 4.56. The van der Waals surface area contributed by atoms with Crippen LogP contribution in [0.4, 0.5) is 0 Å². The molecule has 108 valence electrons. The molecule has 2 rings (SSSR count). The van der Waals surface area contributed by atoms with Gasteiger partial charge in [0, 0.05) is 12.1 Å². The summed E-state index contributed by atoms with van der Waals surface area (Å²) in [5.41, 5.74) is 2.41. The topological polar surface area (TPSA) is 21.3 Å². The highest BCUT2D eigenvalue weighted by Crippen LogP contribution is 2.19. The van der Waals surface area contributed by atoms with Crippen molar-refractivity contribution in [3.05, 3.63) is 65.7 Å². The third-order valence-electron chi connectivity index (χ3n) is 2.95. The van der Waals surface area contributed by atoms with E-state index in [1.54, 1.807) is 0 Å². The van der Waals surface area contributed by atoms with E-state index in [1.807, 2.05) is 30.3 Å². The molecule has 0 spiro atoms. The number of benzene rings is 2. The quantitative estimate of drug-likeness (QED) is 0.773. The standard InChI is InChI=1S/C17H21NO.ClH/c1-2-12-18-13-16-10-6-7-11-17(16)19-14-15-8-4-3-5-9-15;/h3-11,18H,2,12-14H2,1H3;1H. The highest BCUT2D eigenvalue weighted by molar-refractivity contribution is 5.85. The lowest BCUT2D eigenvalue weighted by Crippen LogP contribution is -2.14. The fourth-order valence-electron chi connectivity index (χ4n) is 1.93. The minimum Gasteiger partial charge on any atom is -0.489 e. The van der Waals surface area contributed by atoms with E-state index in [-0.39, 0.29) is 12.4 Å². The van der Waals surface area contributed by atoms with Gasteiger partial charge < -0.3 is 10.1 Å². The van der Waals surface area contributed by atoms with Gasteiger partial charge in [0.1, 0.15) is 12.4 Å². The molecular weight excluding hydrogens is 270 g/mol. The van der Waals surface area contributed by atoms with E-state index in [0.717, 1.165) is 25.3 Å². The smallest absolute Gasteiger partial charge is 0.124 e. The van der Waals surface area contributed by atoms with Crippen molar-refractivity contribution < 1.29 is 4.74 Å². The van der Waals surface area contributed by atoms with Gasteiger partial charge in [0.05, 0.1) is 0 Å². The van der Waals surface area contributed by atoms with Crippen molar-refractivity contribution in [1.29, 1.82) is 0 Å². The second-order valence-corrected chi connectivity index (χ2v) is 4.56. The molecule has 3 heteroatoms. The van der Waals surface area contributed by atoms with Crippen LogP contribution in [0, 0.1) is 0 Å². The molecule has 0 aliphatic rings. The molecule has 2 aromatic rings. The van der Waals surface area contributed by atoms with E-state index < -0.39 is 0 Å². The Morgan fingerprint density at radius 3 is 2.40 bits per heavy atom. The fourth-order valence-corrected chi connectivity index (χ4v) is 1.93. The van der Waals surface area contributed by atoms with Gasteiger partial charge in [0.2, 0.25) is 0 Å². The molecular formula is C17H22ClNO. The SMILES string of the molecule is CCCNCc1ccccc1OCc1ccccc1.Cl. The normalized spacial score (nSPS) is 9.85. The third kappa shape index (κ3) is 5.24. The Morgan fingerprint density at radius 2 is 1.65 bits per heavy atom. The minimum absolute atomic E-state index is 0. The second kappa shape index (κ2) is 9.40. The number of para-hydroxylation sites is 1. The van der Waals surface area contributed by atoms with E-state index >= 15 is 0 Å². The van der Waals surface area contributed by atoms with Gasteiger partial charge in [-0.2, -0.15) is 0 Å². The summed E-state index contributed by atoms with van der Waals surface area (Å²) in [6.45, 7) is 4.68. The van der Waals surface area contributed by atoms with Crippen molar-refractivity contribution >= 4 is 12.4 Å². The minimum atomic E-state index is 0. The van der Waals surface area contributed by atoms with Crippen LogP contribution in [-0.4, -0.2) is 6.54 Å². The van der Waals surface area contributed by atoms with Crippen molar-refractivity contribution in [3.63, 3.8) is 0 Å². The van der Waals surface area contributed by atoms with Crippen molar-refractivity contribution in [2.24, 2.45) is 0 Å². The Morgan fingerprint density at radius 1 is 0.950 bits per heavy atom. The van der Waals surface area contributed by atoms with Crippen LogP contribution in [-0.2, 0) is 13.2 Å². The predicted molar refractivity (Wildman–Crippen MR) is 86.5 cm³/mol. The number of halogens is 1. The van der Waals surface area contributed by atoms with Gasteiger partial charge in [0.25, 0.3) is 0 Å². The zero-order valence-electron chi connectivity index (χ0n) is 11.8. The van der Waals surface area contributed by atoms with Crippen LogP contribution in [0.3, 0.4) is 0 Å². The van der Waals surface area contributed by atoms with E-state index in [0.29, 0.717) is 6.61 Å². The van der Waals surface area contributed by atoms with E-state index in [4.69, 9.17) is 4.74 Å². The molecule has 20 heavy (non-hydrogen) atoms. The molecule has 0 aromatic heterocycles. The first-order chi connectivity index (χ1) is 9.40. The first-order valence-electron chi connectivity index (χ1n) is 6.85. The number of hydrogen-bond acceptors (Lipinski definition) is 2. The molecule has 0 heterocycles. The molecule has 0 amide bonds. The Kier molecular flexibility index (Phi) is 7.78.